The highest BCUT2D eigenvalue weighted by atomic mass is 32.2. The zero-order valence-corrected chi connectivity index (χ0v) is 10.2. The lowest BCUT2D eigenvalue weighted by Gasteiger charge is -2.19. The number of thioether (sulfide) groups is 1. The second-order valence-electron chi connectivity index (χ2n) is 4.24. The maximum atomic E-state index is 10.4. The van der Waals surface area contributed by atoms with Crippen molar-refractivity contribution < 1.29 is 14.6 Å². The highest BCUT2D eigenvalue weighted by Gasteiger charge is 2.11. The first-order valence-corrected chi connectivity index (χ1v) is 5.83. The van der Waals surface area contributed by atoms with Gasteiger partial charge in [0, 0.05) is 11.0 Å². The Morgan fingerprint density at radius 3 is 2.50 bits per heavy atom. The van der Waals surface area contributed by atoms with E-state index in [0.29, 0.717) is 6.61 Å². The quantitative estimate of drug-likeness (QED) is 0.698. The van der Waals surface area contributed by atoms with Gasteiger partial charge in [-0.1, -0.05) is 6.92 Å². The molecule has 14 heavy (non-hydrogen) atoms. The Morgan fingerprint density at radius 1 is 1.50 bits per heavy atom. The summed E-state index contributed by atoms with van der Waals surface area (Å²) in [5, 5.41) is 8.69. The van der Waals surface area contributed by atoms with Crippen molar-refractivity contribution in [3.63, 3.8) is 0 Å². The van der Waals surface area contributed by atoms with E-state index in [1.165, 1.54) is 0 Å². The number of hydrogen-bond donors (Lipinski definition) is 1. The van der Waals surface area contributed by atoms with Crippen LogP contribution >= 0.6 is 11.8 Å². The molecule has 0 bridgehead atoms. The Labute approximate surface area is 90.2 Å². The van der Waals surface area contributed by atoms with Crippen LogP contribution in [-0.2, 0) is 9.53 Å². The van der Waals surface area contributed by atoms with Gasteiger partial charge in [0.1, 0.15) is 0 Å². The van der Waals surface area contributed by atoms with Gasteiger partial charge >= 0.3 is 5.97 Å². The van der Waals surface area contributed by atoms with Gasteiger partial charge in [0.15, 0.2) is 0 Å². The summed E-state index contributed by atoms with van der Waals surface area (Å²) in [5.41, 5.74) is -0.101. The molecule has 0 saturated carbocycles. The number of carboxylic acids is 1. The largest absolute Gasteiger partial charge is 0.481 e. The summed E-state index contributed by atoms with van der Waals surface area (Å²) >= 11 is 1.64. The minimum Gasteiger partial charge on any atom is -0.481 e. The van der Waals surface area contributed by atoms with Crippen molar-refractivity contribution in [1.29, 1.82) is 0 Å². The molecule has 0 rings (SSSR count). The predicted octanol–water partition coefficient (Wildman–Crippen LogP) is 2.40. The maximum Gasteiger partial charge on any atom is 0.304 e. The van der Waals surface area contributed by atoms with Crippen molar-refractivity contribution in [3.05, 3.63) is 0 Å². The van der Waals surface area contributed by atoms with Crippen LogP contribution in [0.5, 0.6) is 0 Å². The topological polar surface area (TPSA) is 46.5 Å². The Balaban J connectivity index is 3.41. The predicted molar refractivity (Wildman–Crippen MR) is 59.9 cm³/mol. The molecule has 0 saturated heterocycles. The Bertz CT molecular complexity index is 175. The van der Waals surface area contributed by atoms with Crippen LogP contribution in [0.25, 0.3) is 0 Å². The third kappa shape index (κ3) is 9.86. The molecule has 1 N–H and O–H groups in total. The minimum atomic E-state index is -0.735. The summed E-state index contributed by atoms with van der Waals surface area (Å²) in [6, 6.07) is 0. The van der Waals surface area contributed by atoms with Gasteiger partial charge in [0.05, 0.1) is 18.6 Å². The van der Waals surface area contributed by atoms with Crippen molar-refractivity contribution in [2.24, 2.45) is 0 Å². The van der Waals surface area contributed by atoms with Gasteiger partial charge in [0.2, 0.25) is 0 Å². The second kappa shape index (κ2) is 6.30. The van der Waals surface area contributed by atoms with E-state index in [0.717, 1.165) is 5.75 Å². The lowest BCUT2D eigenvalue weighted by Crippen LogP contribution is -2.21. The van der Waals surface area contributed by atoms with Crippen molar-refractivity contribution >= 4 is 17.7 Å². The van der Waals surface area contributed by atoms with Gasteiger partial charge in [-0.25, -0.2) is 0 Å². The fourth-order valence-corrected chi connectivity index (χ4v) is 1.74. The molecule has 0 aliphatic heterocycles. The van der Waals surface area contributed by atoms with E-state index in [4.69, 9.17) is 9.84 Å². The molecule has 0 aromatic heterocycles. The van der Waals surface area contributed by atoms with Gasteiger partial charge in [-0.2, -0.15) is 11.8 Å². The molecule has 84 valence electrons. The number of ether oxygens (including phenoxy) is 1. The fourth-order valence-electron chi connectivity index (χ4n) is 0.902. The van der Waals surface area contributed by atoms with E-state index in [-0.39, 0.29) is 17.3 Å². The first-order chi connectivity index (χ1) is 6.31. The third-order valence-electron chi connectivity index (χ3n) is 1.48. The fraction of sp³-hybridized carbons (Fsp3) is 0.900. The van der Waals surface area contributed by atoms with Crippen molar-refractivity contribution in [1.82, 2.24) is 0 Å². The van der Waals surface area contributed by atoms with Crippen LogP contribution < -0.4 is 0 Å². The van der Waals surface area contributed by atoms with Gasteiger partial charge < -0.3 is 9.84 Å². The SMILES string of the molecule is CC(CC(=O)O)SCCOC(C)(C)C. The van der Waals surface area contributed by atoms with Crippen molar-refractivity contribution in [3.8, 4) is 0 Å². The van der Waals surface area contributed by atoms with E-state index < -0.39 is 5.97 Å². The third-order valence-corrected chi connectivity index (χ3v) is 2.62. The highest BCUT2D eigenvalue weighted by Crippen LogP contribution is 2.15. The summed E-state index contributed by atoms with van der Waals surface area (Å²) in [6.45, 7) is 8.64. The van der Waals surface area contributed by atoms with E-state index in [2.05, 4.69) is 0 Å². The zero-order chi connectivity index (χ0) is 11.2. The van der Waals surface area contributed by atoms with Gasteiger partial charge in [-0.05, 0) is 20.8 Å². The van der Waals surface area contributed by atoms with Crippen molar-refractivity contribution in [2.45, 2.75) is 45.0 Å². The molecule has 0 aromatic carbocycles. The summed E-state index contributed by atoms with van der Waals surface area (Å²) in [6.07, 6.45) is 0.222. The maximum absolute atomic E-state index is 10.4. The zero-order valence-electron chi connectivity index (χ0n) is 9.37. The van der Waals surface area contributed by atoms with Gasteiger partial charge in [-0.15, -0.1) is 0 Å². The first-order valence-electron chi connectivity index (χ1n) is 4.78. The van der Waals surface area contributed by atoms with Crippen LogP contribution in [-0.4, -0.2) is 34.3 Å². The van der Waals surface area contributed by atoms with E-state index >= 15 is 0 Å². The summed E-state index contributed by atoms with van der Waals surface area (Å²) in [4.78, 5) is 10.4. The molecule has 0 spiro atoms. The molecule has 0 radical (unpaired) electrons. The molecule has 0 heterocycles. The normalized spacial score (nSPS) is 14.0. The molecular weight excluding hydrogens is 200 g/mol. The smallest absolute Gasteiger partial charge is 0.304 e. The first kappa shape index (κ1) is 13.8. The number of aliphatic carboxylic acids is 1. The van der Waals surface area contributed by atoms with E-state index in [9.17, 15) is 4.79 Å². The molecular formula is C10H20O3S. The average molecular weight is 220 g/mol. The number of carbonyl (C=O) groups is 1. The molecule has 0 amide bonds. The monoisotopic (exact) mass is 220 g/mol. The summed E-state index contributed by atoms with van der Waals surface area (Å²) < 4.78 is 5.52. The van der Waals surface area contributed by atoms with E-state index in [1.807, 2.05) is 27.7 Å². The van der Waals surface area contributed by atoms with Crippen molar-refractivity contribution in [2.75, 3.05) is 12.4 Å². The molecule has 0 aromatic rings. The number of hydrogen-bond acceptors (Lipinski definition) is 3. The summed E-state index contributed by atoms with van der Waals surface area (Å²) in [7, 11) is 0. The Morgan fingerprint density at radius 2 is 2.07 bits per heavy atom. The van der Waals surface area contributed by atoms with Crippen LogP contribution in [0.4, 0.5) is 0 Å². The summed E-state index contributed by atoms with van der Waals surface area (Å²) in [5.74, 6) is 0.118. The Hall–Kier alpha value is -0.220. The van der Waals surface area contributed by atoms with Crippen LogP contribution in [0.15, 0.2) is 0 Å². The second-order valence-corrected chi connectivity index (χ2v) is 5.79. The molecule has 0 fully saturated rings. The van der Waals surface area contributed by atoms with E-state index in [1.54, 1.807) is 11.8 Å². The highest BCUT2D eigenvalue weighted by molar-refractivity contribution is 7.99. The number of rotatable bonds is 6. The Kier molecular flexibility index (Phi) is 6.20. The van der Waals surface area contributed by atoms with Crippen LogP contribution in [0.1, 0.15) is 34.1 Å². The molecule has 4 heteroatoms. The van der Waals surface area contributed by atoms with Gasteiger partial charge in [-0.3, -0.25) is 4.79 Å². The average Bonchev–Trinajstić information content (AvgIpc) is 1.95. The number of carboxylic acid groups (broad SMARTS) is 1. The van der Waals surface area contributed by atoms with Crippen LogP contribution in [0.3, 0.4) is 0 Å². The van der Waals surface area contributed by atoms with Gasteiger partial charge in [0.25, 0.3) is 0 Å². The lowest BCUT2D eigenvalue weighted by atomic mass is 10.2. The molecule has 3 nitrogen and oxygen atoms in total. The standard InChI is InChI=1S/C10H20O3S/c1-8(7-9(11)12)14-6-5-13-10(2,3)4/h8H,5-7H2,1-4H3,(H,11,12). The molecule has 0 aliphatic rings. The lowest BCUT2D eigenvalue weighted by molar-refractivity contribution is -0.136. The molecule has 1 unspecified atom stereocenters. The molecule has 1 atom stereocenters. The molecule has 0 aliphatic carbocycles. The van der Waals surface area contributed by atoms with Crippen LogP contribution in [0.2, 0.25) is 0 Å². The minimum absolute atomic E-state index is 0.101. The van der Waals surface area contributed by atoms with Crippen LogP contribution in [0, 0.1) is 0 Å².